The predicted octanol–water partition coefficient (Wildman–Crippen LogP) is 4.25. The molecule has 1 aliphatic rings. The molecular weight excluding hydrogens is 180 g/mol. The van der Waals surface area contributed by atoms with Crippen LogP contribution in [-0.2, 0) is 18.3 Å². The Kier molecular flexibility index (Phi) is 2.86. The van der Waals surface area contributed by atoms with Crippen molar-refractivity contribution in [3.63, 3.8) is 0 Å². The molecule has 0 nitrogen and oxygen atoms in total. The summed E-state index contributed by atoms with van der Waals surface area (Å²) in [5.74, 6) is 0. The molecule has 0 amide bonds. The third kappa shape index (κ3) is 1.95. The maximum atomic E-state index is 2.38. The molecular formula is C15H22. The Morgan fingerprint density at radius 3 is 2.80 bits per heavy atom. The predicted molar refractivity (Wildman–Crippen MR) is 66.4 cm³/mol. The highest BCUT2D eigenvalue weighted by Gasteiger charge is 2.30. The largest absolute Gasteiger partial charge is 0.0654 e. The van der Waals surface area contributed by atoms with Crippen LogP contribution in [0.5, 0.6) is 0 Å². The van der Waals surface area contributed by atoms with Gasteiger partial charge in [0.05, 0.1) is 0 Å². The average Bonchev–Trinajstić information content (AvgIpc) is 2.53. The standard InChI is InChI=1S/C15H22/c1-4-5-7-12-8-6-9-14-13(12)10-11-15(14,2)3/h6,8-9H,4-5,7,10-11H2,1-3H3. The van der Waals surface area contributed by atoms with Crippen LogP contribution in [0.3, 0.4) is 0 Å². The van der Waals surface area contributed by atoms with E-state index in [1.54, 1.807) is 16.7 Å². The Hall–Kier alpha value is -0.780. The van der Waals surface area contributed by atoms with Crippen LogP contribution in [0.15, 0.2) is 18.2 Å². The summed E-state index contributed by atoms with van der Waals surface area (Å²) in [4.78, 5) is 0. The molecule has 82 valence electrons. The highest BCUT2D eigenvalue weighted by molar-refractivity contribution is 5.43. The molecule has 0 unspecified atom stereocenters. The number of rotatable bonds is 3. The van der Waals surface area contributed by atoms with Crippen molar-refractivity contribution in [1.29, 1.82) is 0 Å². The Bertz CT molecular complexity index is 347. The maximum Gasteiger partial charge on any atom is -0.00976 e. The smallest absolute Gasteiger partial charge is 0.00976 e. The van der Waals surface area contributed by atoms with Crippen LogP contribution in [0.25, 0.3) is 0 Å². The summed E-state index contributed by atoms with van der Waals surface area (Å²) in [5.41, 5.74) is 5.30. The molecule has 0 saturated heterocycles. The fraction of sp³-hybridized carbons (Fsp3) is 0.600. The number of hydrogen-bond acceptors (Lipinski definition) is 0. The molecule has 0 atom stereocenters. The second-order valence-electron chi connectivity index (χ2n) is 5.43. The molecule has 0 heterocycles. The summed E-state index contributed by atoms with van der Waals surface area (Å²) in [6.07, 6.45) is 6.52. The molecule has 0 radical (unpaired) electrons. The first-order chi connectivity index (χ1) is 7.15. The quantitative estimate of drug-likeness (QED) is 0.687. The van der Waals surface area contributed by atoms with Gasteiger partial charge in [0.2, 0.25) is 0 Å². The number of hydrogen-bond donors (Lipinski definition) is 0. The number of unbranched alkanes of at least 4 members (excludes halogenated alkanes) is 1. The molecule has 2 rings (SSSR count). The van der Waals surface area contributed by atoms with Gasteiger partial charge in [0.1, 0.15) is 0 Å². The Morgan fingerprint density at radius 1 is 1.27 bits per heavy atom. The second kappa shape index (κ2) is 4.00. The van der Waals surface area contributed by atoms with E-state index in [1.807, 2.05) is 0 Å². The zero-order valence-electron chi connectivity index (χ0n) is 10.3. The molecule has 1 aromatic rings. The van der Waals surface area contributed by atoms with Crippen molar-refractivity contribution < 1.29 is 0 Å². The van der Waals surface area contributed by atoms with Crippen LogP contribution in [0.4, 0.5) is 0 Å². The fourth-order valence-corrected chi connectivity index (χ4v) is 2.74. The van der Waals surface area contributed by atoms with Gasteiger partial charge in [-0.1, -0.05) is 45.4 Å². The van der Waals surface area contributed by atoms with Gasteiger partial charge in [-0.3, -0.25) is 0 Å². The lowest BCUT2D eigenvalue weighted by Crippen LogP contribution is -2.11. The van der Waals surface area contributed by atoms with Crippen molar-refractivity contribution in [2.24, 2.45) is 0 Å². The van der Waals surface area contributed by atoms with Gasteiger partial charge in [0.15, 0.2) is 0 Å². The molecule has 0 aliphatic heterocycles. The lowest BCUT2D eigenvalue weighted by molar-refractivity contribution is 0.522. The van der Waals surface area contributed by atoms with Crippen molar-refractivity contribution in [3.05, 3.63) is 34.9 Å². The summed E-state index contributed by atoms with van der Waals surface area (Å²) >= 11 is 0. The molecule has 1 aromatic carbocycles. The normalized spacial score (nSPS) is 17.8. The van der Waals surface area contributed by atoms with E-state index < -0.39 is 0 Å². The van der Waals surface area contributed by atoms with Crippen LogP contribution >= 0.6 is 0 Å². The van der Waals surface area contributed by atoms with Crippen molar-refractivity contribution in [1.82, 2.24) is 0 Å². The first-order valence-electron chi connectivity index (χ1n) is 6.26. The highest BCUT2D eigenvalue weighted by Crippen LogP contribution is 2.39. The lowest BCUT2D eigenvalue weighted by Gasteiger charge is -2.19. The van der Waals surface area contributed by atoms with Gasteiger partial charge in [0, 0.05) is 0 Å². The minimum Gasteiger partial charge on any atom is -0.0654 e. The average molecular weight is 202 g/mol. The highest BCUT2D eigenvalue weighted by atomic mass is 14.3. The molecule has 0 N–H and O–H groups in total. The zero-order chi connectivity index (χ0) is 10.9. The second-order valence-corrected chi connectivity index (χ2v) is 5.43. The molecule has 0 heteroatoms. The maximum absolute atomic E-state index is 2.38. The third-order valence-electron chi connectivity index (χ3n) is 3.80. The van der Waals surface area contributed by atoms with E-state index in [9.17, 15) is 0 Å². The Balaban J connectivity index is 2.32. The van der Waals surface area contributed by atoms with E-state index in [-0.39, 0.29) is 0 Å². The lowest BCUT2D eigenvalue weighted by atomic mass is 9.86. The first kappa shape index (κ1) is 10.7. The summed E-state index contributed by atoms with van der Waals surface area (Å²) in [7, 11) is 0. The van der Waals surface area contributed by atoms with Gasteiger partial charge in [-0.25, -0.2) is 0 Å². The molecule has 0 saturated carbocycles. The van der Waals surface area contributed by atoms with Crippen LogP contribution in [0, 0.1) is 0 Å². The Morgan fingerprint density at radius 2 is 2.07 bits per heavy atom. The minimum absolute atomic E-state index is 0.414. The SMILES string of the molecule is CCCCc1cccc2c1CCC2(C)C. The van der Waals surface area contributed by atoms with Crippen LogP contribution < -0.4 is 0 Å². The van der Waals surface area contributed by atoms with Crippen LogP contribution in [0.2, 0.25) is 0 Å². The van der Waals surface area contributed by atoms with Gasteiger partial charge in [-0.2, -0.15) is 0 Å². The van der Waals surface area contributed by atoms with Gasteiger partial charge in [-0.15, -0.1) is 0 Å². The van der Waals surface area contributed by atoms with Crippen LogP contribution in [-0.4, -0.2) is 0 Å². The van der Waals surface area contributed by atoms with Crippen molar-refractivity contribution in [2.75, 3.05) is 0 Å². The van der Waals surface area contributed by atoms with E-state index in [2.05, 4.69) is 39.0 Å². The fourth-order valence-electron chi connectivity index (χ4n) is 2.74. The number of aryl methyl sites for hydroxylation is 1. The van der Waals surface area contributed by atoms with E-state index in [0.29, 0.717) is 5.41 Å². The first-order valence-corrected chi connectivity index (χ1v) is 6.26. The molecule has 0 fully saturated rings. The van der Waals surface area contributed by atoms with Crippen molar-refractivity contribution in [3.8, 4) is 0 Å². The third-order valence-corrected chi connectivity index (χ3v) is 3.80. The summed E-state index contributed by atoms with van der Waals surface area (Å²) in [5, 5.41) is 0. The monoisotopic (exact) mass is 202 g/mol. The van der Waals surface area contributed by atoms with Gasteiger partial charge < -0.3 is 0 Å². The summed E-state index contributed by atoms with van der Waals surface area (Å²) < 4.78 is 0. The summed E-state index contributed by atoms with van der Waals surface area (Å²) in [6, 6.07) is 6.91. The van der Waals surface area contributed by atoms with E-state index in [4.69, 9.17) is 0 Å². The number of benzene rings is 1. The molecule has 1 aliphatic carbocycles. The molecule has 0 aromatic heterocycles. The molecule has 0 spiro atoms. The van der Waals surface area contributed by atoms with Gasteiger partial charge in [-0.05, 0) is 47.8 Å². The molecule has 15 heavy (non-hydrogen) atoms. The van der Waals surface area contributed by atoms with E-state index in [1.165, 1.54) is 32.1 Å². The van der Waals surface area contributed by atoms with Crippen LogP contribution in [0.1, 0.15) is 56.7 Å². The van der Waals surface area contributed by atoms with Gasteiger partial charge >= 0.3 is 0 Å². The van der Waals surface area contributed by atoms with Gasteiger partial charge in [0.25, 0.3) is 0 Å². The number of fused-ring (bicyclic) bond motifs is 1. The van der Waals surface area contributed by atoms with Crippen molar-refractivity contribution in [2.45, 2.75) is 58.3 Å². The summed E-state index contributed by atoms with van der Waals surface area (Å²) in [6.45, 7) is 7.03. The molecule has 0 bridgehead atoms. The Labute approximate surface area is 93.7 Å². The van der Waals surface area contributed by atoms with E-state index >= 15 is 0 Å². The topological polar surface area (TPSA) is 0 Å². The minimum atomic E-state index is 0.414. The van der Waals surface area contributed by atoms with E-state index in [0.717, 1.165) is 0 Å². The zero-order valence-corrected chi connectivity index (χ0v) is 10.3. The van der Waals surface area contributed by atoms with Crippen molar-refractivity contribution >= 4 is 0 Å².